The number of nitrogens with two attached hydrogens (primary N) is 1. The topological polar surface area (TPSA) is 38.5 Å². The highest BCUT2D eigenvalue weighted by molar-refractivity contribution is 5.25. The molecule has 1 aliphatic rings. The largest absolute Gasteiger partial charge is 0.378 e. The van der Waals surface area contributed by atoms with Gasteiger partial charge in [-0.1, -0.05) is 37.3 Å². The molecule has 3 nitrogen and oxygen atoms in total. The molecule has 3 heteroatoms. The lowest BCUT2D eigenvalue weighted by Gasteiger charge is -2.46. The molecule has 1 aliphatic heterocycles. The first-order valence-electron chi connectivity index (χ1n) is 7.06. The molecule has 19 heavy (non-hydrogen) atoms. The number of ether oxygens (including phenoxy) is 1. The fourth-order valence-electron chi connectivity index (χ4n) is 2.72. The van der Waals surface area contributed by atoms with Gasteiger partial charge in [0.25, 0.3) is 0 Å². The highest BCUT2D eigenvalue weighted by atomic mass is 16.5. The minimum atomic E-state index is -0.00410. The Kier molecular flexibility index (Phi) is 4.29. The van der Waals surface area contributed by atoms with Crippen LogP contribution >= 0.6 is 0 Å². The average molecular weight is 262 g/mol. The van der Waals surface area contributed by atoms with Crippen molar-refractivity contribution in [2.75, 3.05) is 32.8 Å². The lowest BCUT2D eigenvalue weighted by Crippen LogP contribution is -2.57. The molecule has 0 aliphatic carbocycles. The monoisotopic (exact) mass is 262 g/mol. The second-order valence-corrected chi connectivity index (χ2v) is 6.42. The van der Waals surface area contributed by atoms with E-state index >= 15 is 0 Å². The van der Waals surface area contributed by atoms with E-state index in [1.165, 1.54) is 5.56 Å². The second-order valence-electron chi connectivity index (χ2n) is 6.42. The van der Waals surface area contributed by atoms with E-state index in [0.717, 1.165) is 26.3 Å². The van der Waals surface area contributed by atoms with Gasteiger partial charge in [-0.25, -0.2) is 0 Å². The summed E-state index contributed by atoms with van der Waals surface area (Å²) in [5.74, 6) is 0. The quantitative estimate of drug-likeness (QED) is 0.902. The molecule has 1 fully saturated rings. The summed E-state index contributed by atoms with van der Waals surface area (Å²) in [5.41, 5.74) is 7.49. The Morgan fingerprint density at radius 1 is 1.32 bits per heavy atom. The third-order valence-corrected chi connectivity index (χ3v) is 4.28. The van der Waals surface area contributed by atoms with E-state index in [0.29, 0.717) is 6.54 Å². The SMILES string of the molecule is CC(CN)(CN1CCOCC1(C)C)c1ccccc1. The van der Waals surface area contributed by atoms with Gasteiger partial charge in [-0.3, -0.25) is 4.90 Å². The molecular weight excluding hydrogens is 236 g/mol. The normalized spacial score (nSPS) is 22.9. The first kappa shape index (κ1) is 14.5. The smallest absolute Gasteiger partial charge is 0.0645 e. The lowest BCUT2D eigenvalue weighted by molar-refractivity contribution is -0.0587. The molecule has 0 radical (unpaired) electrons. The molecule has 1 aromatic carbocycles. The zero-order valence-corrected chi connectivity index (χ0v) is 12.4. The van der Waals surface area contributed by atoms with E-state index in [1.807, 2.05) is 0 Å². The molecule has 0 amide bonds. The van der Waals surface area contributed by atoms with Crippen molar-refractivity contribution in [3.63, 3.8) is 0 Å². The number of rotatable bonds is 4. The van der Waals surface area contributed by atoms with Gasteiger partial charge in [0.2, 0.25) is 0 Å². The van der Waals surface area contributed by atoms with Crippen LogP contribution in [0.3, 0.4) is 0 Å². The van der Waals surface area contributed by atoms with Crippen LogP contribution in [0.5, 0.6) is 0 Å². The Hall–Kier alpha value is -0.900. The molecule has 1 heterocycles. The van der Waals surface area contributed by atoms with Crippen LogP contribution in [0.25, 0.3) is 0 Å². The summed E-state index contributed by atoms with van der Waals surface area (Å²) >= 11 is 0. The maximum absolute atomic E-state index is 6.09. The van der Waals surface area contributed by atoms with E-state index in [4.69, 9.17) is 10.5 Å². The third kappa shape index (κ3) is 3.16. The maximum Gasteiger partial charge on any atom is 0.0645 e. The Morgan fingerprint density at radius 3 is 2.58 bits per heavy atom. The summed E-state index contributed by atoms with van der Waals surface area (Å²) < 4.78 is 5.60. The summed E-state index contributed by atoms with van der Waals surface area (Å²) in [7, 11) is 0. The van der Waals surface area contributed by atoms with Crippen molar-refractivity contribution in [1.29, 1.82) is 0 Å². The van der Waals surface area contributed by atoms with Crippen LogP contribution in [-0.4, -0.2) is 43.3 Å². The minimum Gasteiger partial charge on any atom is -0.378 e. The van der Waals surface area contributed by atoms with Crippen LogP contribution < -0.4 is 5.73 Å². The first-order valence-corrected chi connectivity index (χ1v) is 7.06. The van der Waals surface area contributed by atoms with Crippen LogP contribution in [-0.2, 0) is 10.2 Å². The van der Waals surface area contributed by atoms with Crippen molar-refractivity contribution in [3.8, 4) is 0 Å². The molecule has 0 saturated carbocycles. The van der Waals surface area contributed by atoms with E-state index in [-0.39, 0.29) is 11.0 Å². The first-order chi connectivity index (χ1) is 8.98. The van der Waals surface area contributed by atoms with Crippen molar-refractivity contribution in [1.82, 2.24) is 4.90 Å². The van der Waals surface area contributed by atoms with Gasteiger partial charge >= 0.3 is 0 Å². The maximum atomic E-state index is 6.09. The van der Waals surface area contributed by atoms with Gasteiger partial charge in [0.05, 0.1) is 13.2 Å². The van der Waals surface area contributed by atoms with Crippen molar-refractivity contribution < 1.29 is 4.74 Å². The summed E-state index contributed by atoms with van der Waals surface area (Å²) in [5, 5.41) is 0. The Labute approximate surface area is 116 Å². The van der Waals surface area contributed by atoms with Crippen LogP contribution in [0.15, 0.2) is 30.3 Å². The number of morpholine rings is 1. The number of hydrogen-bond donors (Lipinski definition) is 1. The van der Waals surface area contributed by atoms with Crippen molar-refractivity contribution in [2.24, 2.45) is 5.73 Å². The van der Waals surface area contributed by atoms with Crippen LogP contribution in [0.4, 0.5) is 0 Å². The molecule has 1 atom stereocenters. The van der Waals surface area contributed by atoms with Gasteiger partial charge in [-0.05, 0) is 19.4 Å². The molecule has 0 bridgehead atoms. The molecule has 1 unspecified atom stereocenters. The van der Waals surface area contributed by atoms with E-state index in [9.17, 15) is 0 Å². The van der Waals surface area contributed by atoms with Gasteiger partial charge in [-0.15, -0.1) is 0 Å². The molecular formula is C16H26N2O. The number of benzene rings is 1. The van der Waals surface area contributed by atoms with Crippen molar-refractivity contribution in [3.05, 3.63) is 35.9 Å². The summed E-state index contributed by atoms with van der Waals surface area (Å²) in [6, 6.07) is 10.6. The fourth-order valence-corrected chi connectivity index (χ4v) is 2.72. The van der Waals surface area contributed by atoms with Crippen LogP contribution in [0, 0.1) is 0 Å². The molecule has 106 valence electrons. The van der Waals surface area contributed by atoms with Crippen LogP contribution in [0.2, 0.25) is 0 Å². The number of nitrogens with zero attached hydrogens (tertiary/aromatic N) is 1. The zero-order valence-electron chi connectivity index (χ0n) is 12.4. The summed E-state index contributed by atoms with van der Waals surface area (Å²) in [6.45, 7) is 11.0. The number of hydrogen-bond acceptors (Lipinski definition) is 3. The van der Waals surface area contributed by atoms with Gasteiger partial charge < -0.3 is 10.5 Å². The van der Waals surface area contributed by atoms with E-state index in [2.05, 4.69) is 56.0 Å². The summed E-state index contributed by atoms with van der Waals surface area (Å²) in [4.78, 5) is 2.51. The van der Waals surface area contributed by atoms with Gasteiger partial charge in [-0.2, -0.15) is 0 Å². The highest BCUT2D eigenvalue weighted by Gasteiger charge is 2.36. The molecule has 2 rings (SSSR count). The summed E-state index contributed by atoms with van der Waals surface area (Å²) in [6.07, 6.45) is 0. The predicted octanol–water partition coefficient (Wildman–Crippen LogP) is 2.01. The Bertz CT molecular complexity index is 404. The van der Waals surface area contributed by atoms with Crippen LogP contribution in [0.1, 0.15) is 26.3 Å². The van der Waals surface area contributed by atoms with Crippen molar-refractivity contribution in [2.45, 2.75) is 31.7 Å². The Morgan fingerprint density at radius 2 is 2.00 bits per heavy atom. The van der Waals surface area contributed by atoms with Gasteiger partial charge in [0, 0.05) is 30.6 Å². The van der Waals surface area contributed by atoms with Crippen molar-refractivity contribution >= 4 is 0 Å². The molecule has 2 N–H and O–H groups in total. The van der Waals surface area contributed by atoms with Gasteiger partial charge in [0.15, 0.2) is 0 Å². The van der Waals surface area contributed by atoms with E-state index < -0.39 is 0 Å². The average Bonchev–Trinajstić information content (AvgIpc) is 2.42. The second kappa shape index (κ2) is 5.61. The fraction of sp³-hybridized carbons (Fsp3) is 0.625. The lowest BCUT2D eigenvalue weighted by atomic mass is 9.81. The standard InChI is InChI=1S/C16H26N2O/c1-15(2)13-19-10-9-18(15)12-16(3,11-17)14-7-5-4-6-8-14/h4-8H,9-13,17H2,1-3H3. The minimum absolute atomic E-state index is 0.00410. The molecule has 1 saturated heterocycles. The third-order valence-electron chi connectivity index (χ3n) is 4.28. The molecule has 0 spiro atoms. The molecule has 0 aromatic heterocycles. The van der Waals surface area contributed by atoms with Gasteiger partial charge in [0.1, 0.15) is 0 Å². The molecule has 1 aromatic rings. The zero-order chi connectivity index (χ0) is 13.9. The predicted molar refractivity (Wildman–Crippen MR) is 79.3 cm³/mol. The van der Waals surface area contributed by atoms with E-state index in [1.54, 1.807) is 0 Å². The Balaban J connectivity index is 2.18. The highest BCUT2D eigenvalue weighted by Crippen LogP contribution is 2.28.